The van der Waals surface area contributed by atoms with Gasteiger partial charge in [-0.1, -0.05) is 0 Å². The summed E-state index contributed by atoms with van der Waals surface area (Å²) in [5.74, 6) is 0. The van der Waals surface area contributed by atoms with E-state index in [2.05, 4.69) is 21.3 Å². The first-order chi connectivity index (χ1) is 5.66. The van der Waals surface area contributed by atoms with Crippen molar-refractivity contribution in [2.24, 2.45) is 0 Å². The van der Waals surface area contributed by atoms with E-state index in [0.717, 1.165) is 0 Å². The molecule has 0 atom stereocenters. The smallest absolute Gasteiger partial charge is 0 e. The molecule has 5 heteroatoms. The summed E-state index contributed by atoms with van der Waals surface area (Å²) in [7, 11) is 14.0. The Morgan fingerprint density at radius 2 is 0.385 bits per heavy atom. The molecule has 0 aliphatic rings. The molecule has 0 heterocycles. The Labute approximate surface area is 99.5 Å². The van der Waals surface area contributed by atoms with Gasteiger partial charge in [0.25, 0.3) is 0 Å². The van der Waals surface area contributed by atoms with Crippen molar-refractivity contribution in [3.05, 3.63) is 21.3 Å². The molecule has 0 amide bonds. The third kappa shape index (κ3) is 4550. The van der Waals surface area contributed by atoms with Gasteiger partial charge in [-0.25, -0.2) is 0 Å². The molecule has 0 saturated carbocycles. The molecule has 0 unspecified atom stereocenters. The Balaban J connectivity index is -0.0000000213. The van der Waals surface area contributed by atoms with Gasteiger partial charge >= 0.3 is 0 Å². The van der Waals surface area contributed by atoms with Gasteiger partial charge < -0.3 is 21.3 Å². The standard InChI is InChI=1S/4C2H6N.Ti/c4*1-3-2;/h4*1-2H3;/q4*-1;. The van der Waals surface area contributed by atoms with E-state index in [0.29, 0.717) is 0 Å². The second-order valence-corrected chi connectivity index (χ2v) is 1.79. The van der Waals surface area contributed by atoms with E-state index in [1.807, 2.05) is 0 Å². The Morgan fingerprint density at radius 1 is 0.385 bits per heavy atom. The second-order valence-electron chi connectivity index (χ2n) is 1.79. The molecular formula is C8H24N4Ti-4. The van der Waals surface area contributed by atoms with Crippen LogP contribution in [0.1, 0.15) is 0 Å². The summed E-state index contributed by atoms with van der Waals surface area (Å²) in [6.45, 7) is 0. The summed E-state index contributed by atoms with van der Waals surface area (Å²) >= 11 is 0. The van der Waals surface area contributed by atoms with E-state index in [4.69, 9.17) is 0 Å². The van der Waals surface area contributed by atoms with E-state index in [-0.39, 0.29) is 21.7 Å². The fourth-order valence-electron chi connectivity index (χ4n) is 0. The first kappa shape index (κ1) is 29.2. The molecule has 0 aromatic carbocycles. The largest absolute Gasteiger partial charge is 0.668 e. The van der Waals surface area contributed by atoms with Crippen LogP contribution in [0.3, 0.4) is 0 Å². The summed E-state index contributed by atoms with van der Waals surface area (Å²) in [6, 6.07) is 0. The molecule has 0 spiro atoms. The van der Waals surface area contributed by atoms with Gasteiger partial charge in [-0.15, -0.1) is 0 Å². The summed E-state index contributed by atoms with van der Waals surface area (Å²) in [5.41, 5.74) is 0. The van der Waals surface area contributed by atoms with Gasteiger partial charge in [-0.2, -0.15) is 56.4 Å². The first-order valence-electron chi connectivity index (χ1n) is 3.58. The maximum atomic E-state index is 3.50. The van der Waals surface area contributed by atoms with Crippen LogP contribution in [0.4, 0.5) is 0 Å². The van der Waals surface area contributed by atoms with Gasteiger partial charge in [-0.05, 0) is 0 Å². The molecule has 0 aromatic heterocycles. The predicted molar refractivity (Wildman–Crippen MR) is 60.8 cm³/mol. The minimum Gasteiger partial charge on any atom is -0.668 e. The van der Waals surface area contributed by atoms with Crippen LogP contribution in [-0.4, -0.2) is 56.4 Å². The molecule has 13 heavy (non-hydrogen) atoms. The zero-order valence-corrected chi connectivity index (χ0v) is 11.9. The van der Waals surface area contributed by atoms with Crippen molar-refractivity contribution in [1.29, 1.82) is 0 Å². The normalized spacial score (nSPS) is 5.54. The summed E-state index contributed by atoms with van der Waals surface area (Å²) in [4.78, 5) is 0. The number of hydrogen-bond donors (Lipinski definition) is 0. The van der Waals surface area contributed by atoms with E-state index < -0.39 is 0 Å². The topological polar surface area (TPSA) is 56.4 Å². The van der Waals surface area contributed by atoms with Crippen LogP contribution in [0.25, 0.3) is 21.3 Å². The minimum absolute atomic E-state index is 0. The Bertz CT molecular complexity index is 24.1. The van der Waals surface area contributed by atoms with Crippen LogP contribution >= 0.6 is 0 Å². The monoisotopic (exact) mass is 224 g/mol. The molecule has 0 N–H and O–H groups in total. The Morgan fingerprint density at radius 3 is 0.385 bits per heavy atom. The maximum absolute atomic E-state index is 3.50. The molecule has 4 nitrogen and oxygen atoms in total. The summed E-state index contributed by atoms with van der Waals surface area (Å²) < 4.78 is 0. The van der Waals surface area contributed by atoms with E-state index in [1.165, 1.54) is 0 Å². The molecule has 0 aromatic rings. The van der Waals surface area contributed by atoms with Crippen LogP contribution < -0.4 is 0 Å². The van der Waals surface area contributed by atoms with E-state index in [1.54, 1.807) is 56.4 Å². The second kappa shape index (κ2) is 80.8. The fraction of sp³-hybridized carbons (Fsp3) is 1.00. The predicted octanol–water partition coefficient (Wildman–Crippen LogP) is 2.48. The van der Waals surface area contributed by atoms with Gasteiger partial charge in [0, 0.05) is 21.7 Å². The van der Waals surface area contributed by atoms with Crippen molar-refractivity contribution >= 4 is 0 Å². The van der Waals surface area contributed by atoms with Crippen LogP contribution in [0.15, 0.2) is 0 Å². The molecule has 0 aliphatic carbocycles. The number of rotatable bonds is 0. The van der Waals surface area contributed by atoms with Gasteiger partial charge in [0.1, 0.15) is 0 Å². The molecule has 0 radical (unpaired) electrons. The molecule has 0 fully saturated rings. The van der Waals surface area contributed by atoms with E-state index in [9.17, 15) is 0 Å². The Hall–Kier alpha value is 0.554. The third-order valence-corrected chi connectivity index (χ3v) is 0. The quantitative estimate of drug-likeness (QED) is 0.567. The van der Waals surface area contributed by atoms with Crippen LogP contribution in [-0.2, 0) is 21.7 Å². The van der Waals surface area contributed by atoms with Gasteiger partial charge in [-0.3, -0.25) is 0 Å². The molecule has 84 valence electrons. The molecule has 0 bridgehead atoms. The maximum Gasteiger partial charge on any atom is 0 e. The van der Waals surface area contributed by atoms with Gasteiger partial charge in [0.05, 0.1) is 0 Å². The van der Waals surface area contributed by atoms with Crippen molar-refractivity contribution in [3.63, 3.8) is 0 Å². The van der Waals surface area contributed by atoms with Crippen LogP contribution in [0.2, 0.25) is 0 Å². The number of hydrogen-bond acceptors (Lipinski definition) is 0. The van der Waals surface area contributed by atoms with Crippen molar-refractivity contribution in [2.45, 2.75) is 0 Å². The van der Waals surface area contributed by atoms with Crippen molar-refractivity contribution in [3.8, 4) is 0 Å². The van der Waals surface area contributed by atoms with Crippen molar-refractivity contribution < 1.29 is 21.7 Å². The minimum atomic E-state index is 0. The van der Waals surface area contributed by atoms with Gasteiger partial charge in [0.2, 0.25) is 0 Å². The van der Waals surface area contributed by atoms with Crippen molar-refractivity contribution in [2.75, 3.05) is 56.4 Å². The molecule has 0 rings (SSSR count). The van der Waals surface area contributed by atoms with Gasteiger partial charge in [0.15, 0.2) is 0 Å². The summed E-state index contributed by atoms with van der Waals surface area (Å²) in [5, 5.41) is 14.0. The number of nitrogens with zero attached hydrogens (tertiary/aromatic N) is 4. The SMILES string of the molecule is C[N-]C.C[N-]C.C[N-]C.C[N-]C.[Ti]. The first-order valence-corrected chi connectivity index (χ1v) is 3.58. The molecular weight excluding hydrogens is 200 g/mol. The fourth-order valence-corrected chi connectivity index (χ4v) is 0. The van der Waals surface area contributed by atoms with Crippen molar-refractivity contribution in [1.82, 2.24) is 0 Å². The molecule has 0 saturated heterocycles. The average Bonchev–Trinajstić information content (AvgIpc) is 1.92. The molecule has 0 aliphatic heterocycles. The van der Waals surface area contributed by atoms with Crippen LogP contribution in [0, 0.1) is 0 Å². The zero-order valence-electron chi connectivity index (χ0n) is 10.3. The average molecular weight is 224 g/mol. The summed E-state index contributed by atoms with van der Waals surface area (Å²) in [6.07, 6.45) is 0. The van der Waals surface area contributed by atoms with E-state index >= 15 is 0 Å². The van der Waals surface area contributed by atoms with Crippen LogP contribution in [0.5, 0.6) is 0 Å². The third-order valence-electron chi connectivity index (χ3n) is 0. The Kier molecular flexibility index (Phi) is 181. The zero-order chi connectivity index (χ0) is 10.8.